The highest BCUT2D eigenvalue weighted by molar-refractivity contribution is 5.63. The number of hydrogen-bond acceptors (Lipinski definition) is 6. The van der Waals surface area contributed by atoms with Crippen molar-refractivity contribution >= 4 is 17.5 Å². The fourth-order valence-electron chi connectivity index (χ4n) is 2.52. The van der Waals surface area contributed by atoms with Crippen LogP contribution >= 0.6 is 0 Å². The first kappa shape index (κ1) is 14.5. The Hall–Kier alpha value is -1.92. The van der Waals surface area contributed by atoms with Gasteiger partial charge in [-0.15, -0.1) is 0 Å². The van der Waals surface area contributed by atoms with E-state index in [1.165, 1.54) is 0 Å². The lowest BCUT2D eigenvalue weighted by molar-refractivity contribution is -0.385. The number of hydrogen-bond donors (Lipinski definition) is 1. The monoisotopic (exact) mass is 279 g/mol. The maximum absolute atomic E-state index is 11.3. The predicted octanol–water partition coefficient (Wildman–Crippen LogP) is 2.36. The average molecular weight is 279 g/mol. The van der Waals surface area contributed by atoms with E-state index in [9.17, 15) is 10.1 Å². The van der Waals surface area contributed by atoms with Gasteiger partial charge in [0.25, 0.3) is 0 Å². The molecule has 1 fully saturated rings. The second-order valence-corrected chi connectivity index (χ2v) is 5.93. The molecule has 2 rings (SSSR count). The van der Waals surface area contributed by atoms with Crippen LogP contribution < -0.4 is 10.2 Å². The minimum absolute atomic E-state index is 0.0179. The molecule has 0 amide bonds. The van der Waals surface area contributed by atoms with E-state index in [-0.39, 0.29) is 16.0 Å². The lowest BCUT2D eigenvalue weighted by atomic mass is 9.93. The topological polar surface area (TPSA) is 84.2 Å². The van der Waals surface area contributed by atoms with Crippen LogP contribution in [0, 0.1) is 22.5 Å². The molecule has 1 aromatic heterocycles. The highest BCUT2D eigenvalue weighted by Gasteiger charge is 2.35. The third-order valence-corrected chi connectivity index (χ3v) is 3.53. The summed E-state index contributed by atoms with van der Waals surface area (Å²) in [6.07, 6.45) is 1.00. The zero-order valence-corrected chi connectivity index (χ0v) is 12.4. The van der Waals surface area contributed by atoms with Crippen LogP contribution in [0.1, 0.15) is 32.9 Å². The number of aryl methyl sites for hydroxylation is 1. The highest BCUT2D eigenvalue weighted by Crippen LogP contribution is 2.37. The Morgan fingerprint density at radius 2 is 2.15 bits per heavy atom. The van der Waals surface area contributed by atoms with Crippen LogP contribution in [0.3, 0.4) is 0 Å². The zero-order valence-electron chi connectivity index (χ0n) is 12.4. The summed E-state index contributed by atoms with van der Waals surface area (Å²) in [5.41, 5.74) is 0.579. The molecule has 0 unspecified atom stereocenters. The summed E-state index contributed by atoms with van der Waals surface area (Å²) in [5, 5.41) is 14.3. The van der Waals surface area contributed by atoms with Gasteiger partial charge in [0.2, 0.25) is 11.8 Å². The number of nitrogens with one attached hydrogen (secondary N) is 1. The molecular weight excluding hydrogens is 258 g/mol. The van der Waals surface area contributed by atoms with Crippen LogP contribution in [0.2, 0.25) is 0 Å². The van der Waals surface area contributed by atoms with E-state index >= 15 is 0 Å². The van der Waals surface area contributed by atoms with Crippen molar-refractivity contribution in [2.75, 3.05) is 29.9 Å². The standard InChI is InChI=1S/C13H21N5O2/c1-5-14-12-15-9(2)10(18(19)20)11(16-12)17-7-6-13(3,4)8-17/h5-8H2,1-4H3,(H,14,15,16). The fourth-order valence-corrected chi connectivity index (χ4v) is 2.52. The third kappa shape index (κ3) is 2.81. The van der Waals surface area contributed by atoms with Crippen molar-refractivity contribution < 1.29 is 4.92 Å². The van der Waals surface area contributed by atoms with Gasteiger partial charge in [0.05, 0.1) is 4.92 Å². The van der Waals surface area contributed by atoms with Crippen molar-refractivity contribution in [2.24, 2.45) is 5.41 Å². The van der Waals surface area contributed by atoms with E-state index in [0.717, 1.165) is 19.5 Å². The quantitative estimate of drug-likeness (QED) is 0.672. The number of nitro groups is 1. The van der Waals surface area contributed by atoms with Crippen LogP contribution in [-0.4, -0.2) is 34.5 Å². The summed E-state index contributed by atoms with van der Waals surface area (Å²) in [4.78, 5) is 21.4. The van der Waals surface area contributed by atoms with Crippen molar-refractivity contribution in [3.05, 3.63) is 15.8 Å². The number of nitrogens with zero attached hydrogens (tertiary/aromatic N) is 4. The molecule has 0 radical (unpaired) electrons. The Morgan fingerprint density at radius 1 is 1.45 bits per heavy atom. The molecule has 0 bridgehead atoms. The predicted molar refractivity (Wildman–Crippen MR) is 78.2 cm³/mol. The number of rotatable bonds is 4. The van der Waals surface area contributed by atoms with Crippen LogP contribution in [0.5, 0.6) is 0 Å². The summed E-state index contributed by atoms with van der Waals surface area (Å²) in [6, 6.07) is 0. The van der Waals surface area contributed by atoms with Gasteiger partial charge in [-0.2, -0.15) is 4.98 Å². The molecule has 1 aliphatic heterocycles. The van der Waals surface area contributed by atoms with E-state index in [1.54, 1.807) is 6.92 Å². The van der Waals surface area contributed by atoms with E-state index in [2.05, 4.69) is 29.1 Å². The van der Waals surface area contributed by atoms with Gasteiger partial charge in [0, 0.05) is 19.6 Å². The van der Waals surface area contributed by atoms with E-state index in [0.29, 0.717) is 24.0 Å². The second kappa shape index (κ2) is 5.22. The summed E-state index contributed by atoms with van der Waals surface area (Å²) >= 11 is 0. The summed E-state index contributed by atoms with van der Waals surface area (Å²) in [7, 11) is 0. The Labute approximate surface area is 118 Å². The van der Waals surface area contributed by atoms with Crippen molar-refractivity contribution in [1.82, 2.24) is 9.97 Å². The summed E-state index contributed by atoms with van der Waals surface area (Å²) < 4.78 is 0. The van der Waals surface area contributed by atoms with Crippen molar-refractivity contribution in [2.45, 2.75) is 34.1 Å². The first-order valence-corrected chi connectivity index (χ1v) is 6.86. The molecule has 1 aromatic rings. The Morgan fingerprint density at radius 3 is 2.65 bits per heavy atom. The van der Waals surface area contributed by atoms with Crippen LogP contribution in [-0.2, 0) is 0 Å². The Kier molecular flexibility index (Phi) is 3.78. The van der Waals surface area contributed by atoms with Gasteiger partial charge in [-0.25, -0.2) is 4.98 Å². The second-order valence-electron chi connectivity index (χ2n) is 5.93. The lowest BCUT2D eigenvalue weighted by Crippen LogP contribution is -2.25. The Balaban J connectivity index is 2.46. The van der Waals surface area contributed by atoms with E-state index in [1.807, 2.05) is 11.8 Å². The first-order valence-electron chi connectivity index (χ1n) is 6.86. The SMILES string of the molecule is CCNc1nc(C)c([N+](=O)[O-])c(N2CCC(C)(C)C2)n1. The molecule has 7 nitrogen and oxygen atoms in total. The normalized spacial score (nSPS) is 17.3. The molecular formula is C13H21N5O2. The van der Waals surface area contributed by atoms with Crippen LogP contribution in [0.15, 0.2) is 0 Å². The van der Waals surface area contributed by atoms with Gasteiger partial charge in [0.15, 0.2) is 0 Å². The Bertz CT molecular complexity index is 530. The molecule has 20 heavy (non-hydrogen) atoms. The summed E-state index contributed by atoms with van der Waals surface area (Å²) in [6.45, 7) is 10.2. The van der Waals surface area contributed by atoms with Gasteiger partial charge in [0.1, 0.15) is 5.69 Å². The molecule has 0 spiro atoms. The van der Waals surface area contributed by atoms with E-state index in [4.69, 9.17) is 0 Å². The largest absolute Gasteiger partial charge is 0.354 e. The fraction of sp³-hybridized carbons (Fsp3) is 0.692. The minimum atomic E-state index is -0.383. The molecule has 0 aliphatic carbocycles. The first-order chi connectivity index (χ1) is 9.34. The van der Waals surface area contributed by atoms with Crippen LogP contribution in [0.25, 0.3) is 0 Å². The van der Waals surface area contributed by atoms with Gasteiger partial charge in [-0.05, 0) is 25.7 Å². The zero-order chi connectivity index (χ0) is 14.9. The lowest BCUT2D eigenvalue weighted by Gasteiger charge is -2.21. The van der Waals surface area contributed by atoms with Crippen molar-refractivity contribution in [1.29, 1.82) is 0 Å². The molecule has 0 aromatic carbocycles. The molecule has 110 valence electrons. The third-order valence-electron chi connectivity index (χ3n) is 3.53. The van der Waals surface area contributed by atoms with Crippen molar-refractivity contribution in [3.63, 3.8) is 0 Å². The molecule has 7 heteroatoms. The van der Waals surface area contributed by atoms with Crippen LogP contribution in [0.4, 0.5) is 17.5 Å². The molecule has 1 N–H and O–H groups in total. The van der Waals surface area contributed by atoms with E-state index < -0.39 is 0 Å². The van der Waals surface area contributed by atoms with Gasteiger partial charge < -0.3 is 10.2 Å². The molecule has 2 heterocycles. The average Bonchev–Trinajstić information content (AvgIpc) is 2.68. The smallest absolute Gasteiger partial charge is 0.332 e. The number of anilines is 2. The molecule has 1 aliphatic rings. The minimum Gasteiger partial charge on any atom is -0.354 e. The van der Waals surface area contributed by atoms with Crippen molar-refractivity contribution in [3.8, 4) is 0 Å². The number of aromatic nitrogens is 2. The molecule has 0 saturated carbocycles. The highest BCUT2D eigenvalue weighted by atomic mass is 16.6. The molecule has 1 saturated heterocycles. The van der Waals surface area contributed by atoms with Gasteiger partial charge in [-0.3, -0.25) is 10.1 Å². The maximum atomic E-state index is 11.3. The van der Waals surface area contributed by atoms with Gasteiger partial charge >= 0.3 is 5.69 Å². The maximum Gasteiger partial charge on any atom is 0.332 e. The van der Waals surface area contributed by atoms with Gasteiger partial charge in [-0.1, -0.05) is 13.8 Å². The molecule has 0 atom stereocenters. The summed E-state index contributed by atoms with van der Waals surface area (Å²) in [5.74, 6) is 0.888.